The molecule has 2 atom stereocenters. The number of hydrogen-bond acceptors (Lipinski definition) is 5. The number of halogens is 2. The molecule has 1 saturated heterocycles. The quantitative estimate of drug-likeness (QED) is 0.245. The summed E-state index contributed by atoms with van der Waals surface area (Å²) in [5, 5.41) is 10.1. The third-order valence-corrected chi connectivity index (χ3v) is 8.53. The highest BCUT2D eigenvalue weighted by atomic mass is 19.3. The van der Waals surface area contributed by atoms with E-state index < -0.39 is 17.8 Å². The minimum Gasteiger partial charge on any atom is -0.487 e. The SMILES string of the molecule is Cc1ccc(COc2ccc3nc([C@H]4CCCC[C@H]4C(=O)O)n(Cc4cccc(N5CCCC(F)(F)C5)c4)c3c2)nc1. The fraction of sp³-hybridized carbons (Fsp3) is 0.424. The Kier molecular flexibility index (Phi) is 7.84. The van der Waals surface area contributed by atoms with Gasteiger partial charge in [-0.2, -0.15) is 0 Å². The van der Waals surface area contributed by atoms with Gasteiger partial charge in [-0.15, -0.1) is 0 Å². The van der Waals surface area contributed by atoms with E-state index in [0.717, 1.165) is 58.6 Å². The molecule has 4 aromatic rings. The van der Waals surface area contributed by atoms with Crippen LogP contribution in [0.2, 0.25) is 0 Å². The van der Waals surface area contributed by atoms with E-state index in [4.69, 9.17) is 9.72 Å². The van der Waals surface area contributed by atoms with Crippen LogP contribution in [0.4, 0.5) is 14.5 Å². The summed E-state index contributed by atoms with van der Waals surface area (Å²) in [4.78, 5) is 23.4. The predicted molar refractivity (Wildman–Crippen MR) is 157 cm³/mol. The summed E-state index contributed by atoms with van der Waals surface area (Å²) in [7, 11) is 0. The normalized spacial score (nSPS) is 20.5. The first kappa shape index (κ1) is 28.1. The molecule has 0 spiro atoms. The number of piperidine rings is 1. The van der Waals surface area contributed by atoms with Gasteiger partial charge >= 0.3 is 5.97 Å². The molecule has 3 heterocycles. The van der Waals surface area contributed by atoms with Gasteiger partial charge in [0.2, 0.25) is 0 Å². The summed E-state index contributed by atoms with van der Waals surface area (Å²) >= 11 is 0. The van der Waals surface area contributed by atoms with Crippen LogP contribution in [0.5, 0.6) is 5.75 Å². The summed E-state index contributed by atoms with van der Waals surface area (Å²) in [6.45, 7) is 3.06. The number of benzene rings is 2. The second-order valence-corrected chi connectivity index (χ2v) is 11.7. The third kappa shape index (κ3) is 6.10. The lowest BCUT2D eigenvalue weighted by atomic mass is 9.78. The maximum atomic E-state index is 14.2. The third-order valence-electron chi connectivity index (χ3n) is 8.53. The second kappa shape index (κ2) is 11.7. The number of aryl methyl sites for hydroxylation is 1. The summed E-state index contributed by atoms with van der Waals surface area (Å²) in [5.74, 6) is -2.78. The van der Waals surface area contributed by atoms with Crippen molar-refractivity contribution in [1.29, 1.82) is 0 Å². The number of carboxylic acid groups (broad SMARTS) is 1. The number of imidazole rings is 1. The zero-order chi connectivity index (χ0) is 29.3. The lowest BCUT2D eigenvalue weighted by Crippen LogP contribution is -2.42. The van der Waals surface area contributed by atoms with E-state index in [1.807, 2.05) is 67.7 Å². The molecule has 2 aliphatic rings. The lowest BCUT2D eigenvalue weighted by molar-refractivity contribution is -0.143. The minimum atomic E-state index is -2.70. The largest absolute Gasteiger partial charge is 0.487 e. The highest BCUT2D eigenvalue weighted by molar-refractivity contribution is 5.79. The van der Waals surface area contributed by atoms with Gasteiger partial charge in [-0.25, -0.2) is 13.8 Å². The van der Waals surface area contributed by atoms with Crippen molar-refractivity contribution in [2.75, 3.05) is 18.0 Å². The maximum absolute atomic E-state index is 14.2. The van der Waals surface area contributed by atoms with Gasteiger partial charge in [-0.3, -0.25) is 9.78 Å². The Hall–Kier alpha value is -4.01. The number of alkyl halides is 2. The molecular formula is C33H36F2N4O3. The topological polar surface area (TPSA) is 80.5 Å². The van der Waals surface area contributed by atoms with Gasteiger partial charge in [-0.1, -0.05) is 31.0 Å². The highest BCUT2D eigenvalue weighted by Gasteiger charge is 2.36. The van der Waals surface area contributed by atoms with Crippen molar-refractivity contribution in [1.82, 2.24) is 14.5 Å². The molecule has 42 heavy (non-hydrogen) atoms. The van der Waals surface area contributed by atoms with Crippen LogP contribution in [0.15, 0.2) is 60.8 Å². The first-order valence-electron chi connectivity index (χ1n) is 14.7. The zero-order valence-corrected chi connectivity index (χ0v) is 23.8. The van der Waals surface area contributed by atoms with E-state index in [-0.39, 0.29) is 18.9 Å². The van der Waals surface area contributed by atoms with E-state index >= 15 is 0 Å². The first-order chi connectivity index (χ1) is 20.3. The van der Waals surface area contributed by atoms with E-state index in [1.54, 1.807) is 4.90 Å². The molecule has 1 aliphatic carbocycles. The predicted octanol–water partition coefficient (Wildman–Crippen LogP) is 6.96. The molecule has 2 fully saturated rings. The van der Waals surface area contributed by atoms with Gasteiger partial charge in [0.15, 0.2) is 0 Å². The molecule has 9 heteroatoms. The van der Waals surface area contributed by atoms with E-state index in [2.05, 4.69) is 9.55 Å². The molecule has 2 aromatic heterocycles. The number of ether oxygens (including phenoxy) is 1. The molecule has 7 nitrogen and oxygen atoms in total. The number of aromatic nitrogens is 3. The first-order valence-corrected chi connectivity index (χ1v) is 14.7. The van der Waals surface area contributed by atoms with Crippen LogP contribution in [0.25, 0.3) is 11.0 Å². The lowest BCUT2D eigenvalue weighted by Gasteiger charge is -2.34. The number of fused-ring (bicyclic) bond motifs is 1. The molecule has 1 aliphatic heterocycles. The van der Waals surface area contributed by atoms with Crippen LogP contribution in [0.1, 0.15) is 67.1 Å². The van der Waals surface area contributed by atoms with Crippen LogP contribution < -0.4 is 9.64 Å². The van der Waals surface area contributed by atoms with Crippen molar-refractivity contribution in [2.45, 2.75) is 70.4 Å². The van der Waals surface area contributed by atoms with Gasteiger partial charge in [0.05, 0.1) is 29.2 Å². The molecule has 0 unspecified atom stereocenters. The van der Waals surface area contributed by atoms with Crippen LogP contribution in [0.3, 0.4) is 0 Å². The zero-order valence-electron chi connectivity index (χ0n) is 23.8. The number of nitrogens with zero attached hydrogens (tertiary/aromatic N) is 4. The number of carbonyl (C=O) groups is 1. The summed E-state index contributed by atoms with van der Waals surface area (Å²) in [6.07, 6.45) is 5.41. The van der Waals surface area contributed by atoms with Crippen LogP contribution in [-0.2, 0) is 17.9 Å². The average Bonchev–Trinajstić information content (AvgIpc) is 3.33. The van der Waals surface area contributed by atoms with Gasteiger partial charge in [0.25, 0.3) is 5.92 Å². The standard InChI is InChI=1S/C33H36F2N4O3/c1-22-10-11-24(36-18-22)20-42-26-12-13-29-30(17-26)39(31(37-29)27-8-2-3-9-28(27)32(40)41)19-23-6-4-7-25(16-23)38-15-5-14-33(34,35)21-38/h4,6-7,10-13,16-18,27-28H,2-3,5,8-9,14-15,19-21H2,1H3,(H,40,41)/t27-,28+/m0/s1. The van der Waals surface area contributed by atoms with E-state index in [1.165, 1.54) is 0 Å². The van der Waals surface area contributed by atoms with Gasteiger partial charge in [0.1, 0.15) is 18.2 Å². The molecule has 0 bridgehead atoms. The Morgan fingerprint density at radius 1 is 1.10 bits per heavy atom. The monoisotopic (exact) mass is 574 g/mol. The number of rotatable bonds is 8. The number of pyridine rings is 1. The van der Waals surface area contributed by atoms with Gasteiger partial charge in [0, 0.05) is 43.4 Å². The molecule has 1 saturated carbocycles. The fourth-order valence-corrected chi connectivity index (χ4v) is 6.36. The summed E-state index contributed by atoms with van der Waals surface area (Å²) < 4.78 is 36.6. The molecule has 220 valence electrons. The molecule has 0 radical (unpaired) electrons. The molecular weight excluding hydrogens is 538 g/mol. The van der Waals surface area contributed by atoms with E-state index in [0.29, 0.717) is 38.3 Å². The van der Waals surface area contributed by atoms with Crippen molar-refractivity contribution in [3.8, 4) is 5.75 Å². The molecule has 0 amide bonds. The second-order valence-electron chi connectivity index (χ2n) is 11.7. The van der Waals surface area contributed by atoms with E-state index in [9.17, 15) is 18.7 Å². The smallest absolute Gasteiger partial charge is 0.307 e. The number of carboxylic acids is 1. The Balaban J connectivity index is 1.35. The Labute approximate surface area is 244 Å². The maximum Gasteiger partial charge on any atom is 0.307 e. The van der Waals surface area contributed by atoms with Crippen molar-refractivity contribution >= 4 is 22.7 Å². The Morgan fingerprint density at radius 2 is 1.95 bits per heavy atom. The van der Waals surface area contributed by atoms with Gasteiger partial charge in [-0.05, 0) is 67.6 Å². The Bertz CT molecular complexity index is 1570. The number of aliphatic carboxylic acids is 1. The van der Waals surface area contributed by atoms with Crippen LogP contribution >= 0.6 is 0 Å². The van der Waals surface area contributed by atoms with Crippen LogP contribution in [-0.4, -0.2) is 44.6 Å². The minimum absolute atomic E-state index is 0.0793. The van der Waals surface area contributed by atoms with Crippen molar-refractivity contribution in [3.05, 3.63) is 83.4 Å². The summed E-state index contributed by atoms with van der Waals surface area (Å²) in [6, 6.07) is 17.4. The van der Waals surface area contributed by atoms with Gasteiger partial charge < -0.3 is 19.3 Å². The molecule has 1 N–H and O–H groups in total. The molecule has 6 rings (SSSR count). The molecule has 2 aromatic carbocycles. The average molecular weight is 575 g/mol. The summed E-state index contributed by atoms with van der Waals surface area (Å²) in [5.41, 5.74) is 5.24. The number of anilines is 1. The van der Waals surface area contributed by atoms with Crippen molar-refractivity contribution < 1.29 is 23.4 Å². The van der Waals surface area contributed by atoms with Crippen LogP contribution in [0, 0.1) is 12.8 Å². The highest BCUT2D eigenvalue weighted by Crippen LogP contribution is 2.40. The fourth-order valence-electron chi connectivity index (χ4n) is 6.36. The van der Waals surface area contributed by atoms with Crippen molar-refractivity contribution in [3.63, 3.8) is 0 Å². The number of hydrogen-bond donors (Lipinski definition) is 1. The Morgan fingerprint density at radius 3 is 2.74 bits per heavy atom. The van der Waals surface area contributed by atoms with Crippen molar-refractivity contribution in [2.24, 2.45) is 5.92 Å².